The van der Waals surface area contributed by atoms with Crippen molar-refractivity contribution in [3.8, 4) is 0 Å². The molecule has 0 saturated carbocycles. The summed E-state index contributed by atoms with van der Waals surface area (Å²) in [4.78, 5) is 4.23. The Labute approximate surface area is 123 Å². The van der Waals surface area contributed by atoms with Crippen LogP contribution in [0.15, 0.2) is 39.4 Å². The lowest BCUT2D eigenvalue weighted by atomic mass is 10.0. The summed E-state index contributed by atoms with van der Waals surface area (Å²) in [6, 6.07) is 8.30. The first-order valence-corrected chi connectivity index (χ1v) is 8.10. The van der Waals surface area contributed by atoms with E-state index in [-0.39, 0.29) is 11.3 Å². The molecule has 0 spiro atoms. The molecule has 0 amide bonds. The van der Waals surface area contributed by atoms with Crippen LogP contribution in [0.4, 0.5) is 0 Å². The van der Waals surface area contributed by atoms with Gasteiger partial charge in [-0.25, -0.2) is 4.98 Å². The predicted molar refractivity (Wildman–Crippen MR) is 80.9 cm³/mol. The van der Waals surface area contributed by atoms with E-state index in [0.717, 1.165) is 15.2 Å². The quantitative estimate of drug-likeness (QED) is 0.837. The van der Waals surface area contributed by atoms with Gasteiger partial charge in [-0.15, -0.1) is 0 Å². The van der Waals surface area contributed by atoms with Crippen LogP contribution in [0.1, 0.15) is 24.2 Å². The van der Waals surface area contributed by atoms with Crippen molar-refractivity contribution in [2.45, 2.75) is 29.0 Å². The molecular formula is C12H14BrN3S2. The van der Waals surface area contributed by atoms with E-state index in [9.17, 15) is 0 Å². The SMILES string of the molecule is CCC(N)C(Sc1ncns1)c1ccccc1Br. The Hall–Kier alpha value is -0.430. The molecule has 18 heavy (non-hydrogen) atoms. The molecule has 0 saturated heterocycles. The monoisotopic (exact) mass is 343 g/mol. The normalized spacial score (nSPS) is 14.4. The molecule has 3 nitrogen and oxygen atoms in total. The van der Waals surface area contributed by atoms with E-state index in [4.69, 9.17) is 5.73 Å². The first-order chi connectivity index (χ1) is 8.72. The zero-order valence-corrected chi connectivity index (χ0v) is 13.1. The number of hydrogen-bond donors (Lipinski definition) is 1. The Kier molecular flexibility index (Phi) is 5.17. The minimum atomic E-state index is 0.0950. The van der Waals surface area contributed by atoms with Crippen LogP contribution in [0.3, 0.4) is 0 Å². The number of halogens is 1. The van der Waals surface area contributed by atoms with E-state index >= 15 is 0 Å². The number of hydrogen-bond acceptors (Lipinski definition) is 5. The average Bonchev–Trinajstić information content (AvgIpc) is 2.89. The number of thioether (sulfide) groups is 1. The minimum Gasteiger partial charge on any atom is -0.326 e. The fraction of sp³-hybridized carbons (Fsp3) is 0.333. The van der Waals surface area contributed by atoms with E-state index in [1.807, 2.05) is 18.2 Å². The molecule has 1 aromatic carbocycles. The van der Waals surface area contributed by atoms with Crippen molar-refractivity contribution in [1.29, 1.82) is 0 Å². The van der Waals surface area contributed by atoms with Gasteiger partial charge in [-0.3, -0.25) is 0 Å². The number of aromatic nitrogens is 2. The Bertz CT molecular complexity index is 490. The van der Waals surface area contributed by atoms with Crippen LogP contribution in [0.25, 0.3) is 0 Å². The van der Waals surface area contributed by atoms with Gasteiger partial charge >= 0.3 is 0 Å². The molecule has 2 rings (SSSR count). The molecule has 0 radical (unpaired) electrons. The lowest BCUT2D eigenvalue weighted by Crippen LogP contribution is -2.25. The van der Waals surface area contributed by atoms with E-state index in [2.05, 4.69) is 38.3 Å². The standard InChI is InChI=1S/C12H14BrN3S2/c1-2-10(14)11(17-12-15-7-16-18-12)8-5-3-4-6-9(8)13/h3-7,10-11H,2,14H2,1H3. The van der Waals surface area contributed by atoms with Crippen LogP contribution in [0.5, 0.6) is 0 Å². The lowest BCUT2D eigenvalue weighted by Gasteiger charge is -2.22. The number of rotatable bonds is 5. The summed E-state index contributed by atoms with van der Waals surface area (Å²) in [5.74, 6) is 0. The maximum absolute atomic E-state index is 6.25. The zero-order chi connectivity index (χ0) is 13.0. The predicted octanol–water partition coefficient (Wildman–Crippen LogP) is 3.87. The van der Waals surface area contributed by atoms with E-state index < -0.39 is 0 Å². The summed E-state index contributed by atoms with van der Waals surface area (Å²) in [6.07, 6.45) is 2.51. The summed E-state index contributed by atoms with van der Waals surface area (Å²) < 4.78 is 6.09. The molecule has 0 aliphatic rings. The molecule has 6 heteroatoms. The summed E-state index contributed by atoms with van der Waals surface area (Å²) >= 11 is 6.69. The van der Waals surface area contributed by atoms with Crippen LogP contribution in [0.2, 0.25) is 0 Å². The van der Waals surface area contributed by atoms with Crippen molar-refractivity contribution in [3.63, 3.8) is 0 Å². The van der Waals surface area contributed by atoms with Crippen LogP contribution in [0, 0.1) is 0 Å². The average molecular weight is 344 g/mol. The summed E-state index contributed by atoms with van der Waals surface area (Å²) in [5, 5.41) is 0.193. The van der Waals surface area contributed by atoms with Gasteiger partial charge in [0.15, 0.2) is 4.34 Å². The Morgan fingerprint density at radius 1 is 1.44 bits per heavy atom. The van der Waals surface area contributed by atoms with Crippen LogP contribution in [-0.4, -0.2) is 15.4 Å². The Balaban J connectivity index is 2.28. The third-order valence-corrected chi connectivity index (χ3v) is 5.50. The Morgan fingerprint density at radius 2 is 2.22 bits per heavy atom. The molecule has 0 bridgehead atoms. The van der Waals surface area contributed by atoms with Crippen molar-refractivity contribution < 1.29 is 0 Å². The topological polar surface area (TPSA) is 51.8 Å². The molecule has 0 fully saturated rings. The first kappa shape index (κ1) is 14.0. The highest BCUT2D eigenvalue weighted by Crippen LogP contribution is 2.41. The Morgan fingerprint density at radius 3 is 2.83 bits per heavy atom. The third kappa shape index (κ3) is 3.32. The van der Waals surface area contributed by atoms with E-state index in [1.54, 1.807) is 18.1 Å². The second kappa shape index (κ2) is 6.65. The number of nitrogens with two attached hydrogens (primary N) is 1. The molecular weight excluding hydrogens is 330 g/mol. The van der Waals surface area contributed by atoms with Crippen LogP contribution < -0.4 is 5.73 Å². The lowest BCUT2D eigenvalue weighted by molar-refractivity contribution is 0.632. The maximum atomic E-state index is 6.25. The molecule has 2 unspecified atom stereocenters. The van der Waals surface area contributed by atoms with Gasteiger partial charge < -0.3 is 5.73 Å². The smallest absolute Gasteiger partial charge is 0.170 e. The second-order valence-corrected chi connectivity index (χ2v) is 6.86. The summed E-state index contributed by atoms with van der Waals surface area (Å²) in [7, 11) is 0. The van der Waals surface area contributed by atoms with Gasteiger partial charge in [0.2, 0.25) is 0 Å². The van der Waals surface area contributed by atoms with Crippen molar-refractivity contribution in [2.75, 3.05) is 0 Å². The van der Waals surface area contributed by atoms with Gasteiger partial charge in [-0.1, -0.05) is 52.8 Å². The first-order valence-electron chi connectivity index (χ1n) is 5.65. The van der Waals surface area contributed by atoms with Crippen LogP contribution >= 0.6 is 39.2 Å². The summed E-state index contributed by atoms with van der Waals surface area (Å²) in [5.41, 5.74) is 7.46. The van der Waals surface area contributed by atoms with Gasteiger partial charge in [0, 0.05) is 10.5 Å². The maximum Gasteiger partial charge on any atom is 0.170 e. The van der Waals surface area contributed by atoms with E-state index in [0.29, 0.717) is 0 Å². The highest BCUT2D eigenvalue weighted by atomic mass is 79.9. The highest BCUT2D eigenvalue weighted by molar-refractivity contribution is 9.10. The van der Waals surface area contributed by atoms with Gasteiger partial charge in [-0.05, 0) is 29.6 Å². The largest absolute Gasteiger partial charge is 0.326 e. The van der Waals surface area contributed by atoms with Crippen molar-refractivity contribution in [3.05, 3.63) is 40.6 Å². The molecule has 2 atom stereocenters. The number of nitrogens with zero attached hydrogens (tertiary/aromatic N) is 2. The fourth-order valence-corrected chi connectivity index (χ4v) is 4.22. The van der Waals surface area contributed by atoms with Crippen molar-refractivity contribution >= 4 is 39.2 Å². The van der Waals surface area contributed by atoms with Gasteiger partial charge in [0.25, 0.3) is 0 Å². The van der Waals surface area contributed by atoms with Gasteiger partial charge in [0.05, 0.1) is 5.25 Å². The van der Waals surface area contributed by atoms with Crippen molar-refractivity contribution in [2.24, 2.45) is 5.73 Å². The number of benzene rings is 1. The second-order valence-electron chi connectivity index (χ2n) is 3.84. The molecule has 1 aromatic heterocycles. The molecule has 2 N–H and O–H groups in total. The van der Waals surface area contributed by atoms with Crippen molar-refractivity contribution in [1.82, 2.24) is 9.36 Å². The highest BCUT2D eigenvalue weighted by Gasteiger charge is 2.23. The van der Waals surface area contributed by atoms with Gasteiger partial charge in [0.1, 0.15) is 6.33 Å². The van der Waals surface area contributed by atoms with E-state index in [1.165, 1.54) is 17.1 Å². The molecule has 0 aliphatic heterocycles. The summed E-state index contributed by atoms with van der Waals surface area (Å²) in [6.45, 7) is 2.11. The van der Waals surface area contributed by atoms with Gasteiger partial charge in [-0.2, -0.15) is 4.37 Å². The minimum absolute atomic E-state index is 0.0950. The molecule has 1 heterocycles. The third-order valence-electron chi connectivity index (χ3n) is 2.64. The molecule has 96 valence electrons. The fourth-order valence-electron chi connectivity index (χ4n) is 1.62. The molecule has 2 aromatic rings. The molecule has 0 aliphatic carbocycles. The zero-order valence-electron chi connectivity index (χ0n) is 9.91. The van der Waals surface area contributed by atoms with Crippen LogP contribution in [-0.2, 0) is 0 Å².